The van der Waals surface area contributed by atoms with E-state index in [0.717, 1.165) is 49.0 Å². The molecule has 1 aliphatic rings. The lowest BCUT2D eigenvalue weighted by atomic mass is 9.86. The van der Waals surface area contributed by atoms with Crippen LogP contribution < -0.4 is 4.74 Å². The smallest absolute Gasteiger partial charge is 0.270 e. The van der Waals surface area contributed by atoms with E-state index in [1.54, 1.807) is 7.11 Å². The van der Waals surface area contributed by atoms with Gasteiger partial charge in [0.2, 0.25) is 0 Å². The van der Waals surface area contributed by atoms with Crippen molar-refractivity contribution in [2.24, 2.45) is 5.92 Å². The number of likely N-dealkylation sites (tertiary alicyclic amines) is 1. The quantitative estimate of drug-likeness (QED) is 0.905. The van der Waals surface area contributed by atoms with Crippen LogP contribution in [0.5, 0.6) is 5.75 Å². The molecule has 0 atom stereocenters. The summed E-state index contributed by atoms with van der Waals surface area (Å²) >= 11 is 0. The van der Waals surface area contributed by atoms with Gasteiger partial charge in [0.25, 0.3) is 5.91 Å². The number of fused-ring (bicyclic) bond motifs is 1. The van der Waals surface area contributed by atoms with Crippen LogP contribution in [0.3, 0.4) is 0 Å². The van der Waals surface area contributed by atoms with E-state index in [1.807, 2.05) is 43.0 Å². The van der Waals surface area contributed by atoms with Crippen LogP contribution in [0.2, 0.25) is 0 Å². The predicted octanol–water partition coefficient (Wildman–Crippen LogP) is 3.19. The zero-order valence-electron chi connectivity index (χ0n) is 14.6. The number of nitrogens with one attached hydrogen (secondary N) is 1. The Morgan fingerprint density at radius 2 is 2.04 bits per heavy atom. The zero-order chi connectivity index (χ0) is 17.3. The summed E-state index contributed by atoms with van der Waals surface area (Å²) in [4.78, 5) is 17.8. The molecule has 0 saturated carbocycles. The van der Waals surface area contributed by atoms with Crippen LogP contribution in [0.25, 0.3) is 10.9 Å². The van der Waals surface area contributed by atoms with Gasteiger partial charge in [-0.25, -0.2) is 0 Å². The number of hydrogen-bond acceptors (Lipinski definition) is 3. The summed E-state index contributed by atoms with van der Waals surface area (Å²) in [6.45, 7) is 5.20. The first-order valence-electron chi connectivity index (χ1n) is 8.54. The fourth-order valence-electron chi connectivity index (χ4n) is 3.57. The Balaban J connectivity index is 1.67. The summed E-state index contributed by atoms with van der Waals surface area (Å²) in [6, 6.07) is 7.64. The molecular formula is C19H26N2O3. The van der Waals surface area contributed by atoms with Crippen molar-refractivity contribution >= 4 is 16.8 Å². The SMILES string of the molecule is COc1ccc2[nH]c(C(=O)N3CCC(CC(C)(C)O)CC3)cc2c1. The van der Waals surface area contributed by atoms with Crippen LogP contribution in [0.15, 0.2) is 24.3 Å². The van der Waals surface area contributed by atoms with Crippen LogP contribution in [0.1, 0.15) is 43.6 Å². The number of aromatic nitrogens is 1. The Bertz CT molecular complexity index is 722. The number of aromatic amines is 1. The minimum atomic E-state index is -0.632. The van der Waals surface area contributed by atoms with Crippen LogP contribution >= 0.6 is 0 Å². The first kappa shape index (κ1) is 16.8. The van der Waals surface area contributed by atoms with Gasteiger partial charge in [0.05, 0.1) is 12.7 Å². The van der Waals surface area contributed by atoms with Crippen LogP contribution in [0.4, 0.5) is 0 Å². The van der Waals surface area contributed by atoms with E-state index in [1.165, 1.54) is 0 Å². The molecule has 1 aliphatic heterocycles. The molecule has 0 spiro atoms. The third-order valence-electron chi connectivity index (χ3n) is 4.75. The van der Waals surface area contributed by atoms with Gasteiger partial charge in [0.1, 0.15) is 11.4 Å². The van der Waals surface area contributed by atoms with Crippen molar-refractivity contribution in [2.75, 3.05) is 20.2 Å². The molecule has 130 valence electrons. The highest BCUT2D eigenvalue weighted by Crippen LogP contribution is 2.27. The number of benzene rings is 1. The predicted molar refractivity (Wildman–Crippen MR) is 94.4 cm³/mol. The van der Waals surface area contributed by atoms with Crippen molar-refractivity contribution in [1.29, 1.82) is 0 Å². The van der Waals surface area contributed by atoms with Crippen molar-refractivity contribution in [3.63, 3.8) is 0 Å². The van der Waals surface area contributed by atoms with E-state index in [2.05, 4.69) is 4.98 Å². The highest BCUT2D eigenvalue weighted by molar-refractivity contribution is 5.98. The third kappa shape index (κ3) is 3.73. The molecule has 2 aromatic rings. The van der Waals surface area contributed by atoms with Crippen LogP contribution in [-0.4, -0.2) is 46.7 Å². The van der Waals surface area contributed by atoms with E-state index < -0.39 is 5.60 Å². The zero-order valence-corrected chi connectivity index (χ0v) is 14.6. The van der Waals surface area contributed by atoms with E-state index in [-0.39, 0.29) is 5.91 Å². The first-order valence-corrected chi connectivity index (χ1v) is 8.54. The van der Waals surface area contributed by atoms with E-state index >= 15 is 0 Å². The average Bonchev–Trinajstić information content (AvgIpc) is 2.96. The van der Waals surface area contributed by atoms with E-state index in [9.17, 15) is 9.90 Å². The number of amides is 1. The molecule has 5 nitrogen and oxygen atoms in total. The second-order valence-corrected chi connectivity index (χ2v) is 7.39. The second-order valence-electron chi connectivity index (χ2n) is 7.39. The van der Waals surface area contributed by atoms with Gasteiger partial charge in [0, 0.05) is 24.0 Å². The lowest BCUT2D eigenvalue weighted by molar-refractivity contribution is 0.0357. The van der Waals surface area contributed by atoms with Gasteiger partial charge in [-0.05, 0) is 63.3 Å². The molecule has 0 bridgehead atoms. The molecule has 1 amide bonds. The Hall–Kier alpha value is -2.01. The monoisotopic (exact) mass is 330 g/mol. The first-order chi connectivity index (χ1) is 11.4. The normalized spacial score (nSPS) is 16.6. The lowest BCUT2D eigenvalue weighted by Gasteiger charge is -2.34. The topological polar surface area (TPSA) is 65.6 Å². The Morgan fingerprint density at radius 1 is 1.33 bits per heavy atom. The van der Waals surface area contributed by atoms with Gasteiger partial charge in [-0.3, -0.25) is 4.79 Å². The number of methoxy groups -OCH3 is 1. The molecule has 2 N–H and O–H groups in total. The number of hydrogen-bond donors (Lipinski definition) is 2. The summed E-state index contributed by atoms with van der Waals surface area (Å²) in [5, 5.41) is 10.9. The minimum absolute atomic E-state index is 0.0480. The number of rotatable bonds is 4. The molecule has 1 aromatic heterocycles. The Kier molecular flexibility index (Phi) is 4.54. The number of ether oxygens (including phenoxy) is 1. The van der Waals surface area contributed by atoms with Gasteiger partial charge in [-0.2, -0.15) is 0 Å². The van der Waals surface area contributed by atoms with Gasteiger partial charge >= 0.3 is 0 Å². The van der Waals surface area contributed by atoms with Gasteiger partial charge in [-0.15, -0.1) is 0 Å². The number of carbonyl (C=O) groups is 1. The maximum atomic E-state index is 12.7. The Labute approximate surface area is 142 Å². The number of piperidine rings is 1. The molecule has 2 heterocycles. The van der Waals surface area contributed by atoms with Crippen molar-refractivity contribution in [2.45, 2.75) is 38.7 Å². The van der Waals surface area contributed by atoms with Crippen molar-refractivity contribution in [1.82, 2.24) is 9.88 Å². The molecule has 0 aliphatic carbocycles. The fraction of sp³-hybridized carbons (Fsp3) is 0.526. The fourth-order valence-corrected chi connectivity index (χ4v) is 3.57. The molecule has 0 radical (unpaired) electrons. The maximum Gasteiger partial charge on any atom is 0.270 e. The summed E-state index contributed by atoms with van der Waals surface area (Å²) in [6.07, 6.45) is 2.69. The molecule has 24 heavy (non-hydrogen) atoms. The standard InChI is InChI=1S/C19H26N2O3/c1-19(2,23)12-13-6-8-21(9-7-13)18(22)17-11-14-10-15(24-3)4-5-16(14)20-17/h4-5,10-11,13,20,23H,6-9,12H2,1-3H3. The van der Waals surface area contributed by atoms with Crippen LogP contribution in [0, 0.1) is 5.92 Å². The number of nitrogens with zero attached hydrogens (tertiary/aromatic N) is 1. The highest BCUT2D eigenvalue weighted by Gasteiger charge is 2.27. The molecule has 0 unspecified atom stereocenters. The average molecular weight is 330 g/mol. The van der Waals surface area contributed by atoms with Gasteiger partial charge in [-0.1, -0.05) is 0 Å². The summed E-state index contributed by atoms with van der Waals surface area (Å²) in [5.74, 6) is 1.32. The molecule has 1 saturated heterocycles. The molecule has 5 heteroatoms. The van der Waals surface area contributed by atoms with E-state index in [0.29, 0.717) is 11.6 Å². The maximum absolute atomic E-state index is 12.7. The second kappa shape index (κ2) is 6.48. The lowest BCUT2D eigenvalue weighted by Crippen LogP contribution is -2.40. The highest BCUT2D eigenvalue weighted by atomic mass is 16.5. The summed E-state index contributed by atoms with van der Waals surface area (Å²) in [7, 11) is 1.64. The summed E-state index contributed by atoms with van der Waals surface area (Å²) < 4.78 is 5.23. The van der Waals surface area contributed by atoms with Gasteiger partial charge in [0.15, 0.2) is 0 Å². The number of H-pyrrole nitrogens is 1. The van der Waals surface area contributed by atoms with Crippen LogP contribution in [-0.2, 0) is 0 Å². The number of aliphatic hydroxyl groups is 1. The number of carbonyl (C=O) groups excluding carboxylic acids is 1. The largest absolute Gasteiger partial charge is 0.497 e. The molecule has 3 rings (SSSR count). The van der Waals surface area contributed by atoms with Crippen molar-refractivity contribution in [3.8, 4) is 5.75 Å². The third-order valence-corrected chi connectivity index (χ3v) is 4.75. The molecule has 1 aromatic carbocycles. The Morgan fingerprint density at radius 3 is 2.67 bits per heavy atom. The van der Waals surface area contributed by atoms with Gasteiger partial charge < -0.3 is 19.7 Å². The van der Waals surface area contributed by atoms with E-state index in [4.69, 9.17) is 4.74 Å². The van der Waals surface area contributed by atoms with Crippen molar-refractivity contribution in [3.05, 3.63) is 30.0 Å². The molecule has 1 fully saturated rings. The summed E-state index contributed by atoms with van der Waals surface area (Å²) in [5.41, 5.74) is 0.933. The molecular weight excluding hydrogens is 304 g/mol. The minimum Gasteiger partial charge on any atom is -0.497 e. The van der Waals surface area contributed by atoms with Crippen molar-refractivity contribution < 1.29 is 14.6 Å².